The zero-order chi connectivity index (χ0) is 12.4. The lowest BCUT2D eigenvalue weighted by atomic mass is 10.2. The van der Waals surface area contributed by atoms with Gasteiger partial charge in [0, 0.05) is 13.6 Å². The predicted octanol–water partition coefficient (Wildman–Crippen LogP) is 0.0718. The summed E-state index contributed by atoms with van der Waals surface area (Å²) in [4.78, 5) is 26.1. The van der Waals surface area contributed by atoms with Crippen molar-refractivity contribution in [2.24, 2.45) is 0 Å². The molecule has 6 nitrogen and oxygen atoms in total. The molecule has 0 saturated carbocycles. The van der Waals surface area contributed by atoms with Crippen LogP contribution in [0.1, 0.15) is 5.56 Å². The van der Waals surface area contributed by atoms with E-state index in [1.807, 2.05) is 0 Å². The number of fused-ring (bicyclic) bond motifs is 1. The molecule has 1 amide bonds. The van der Waals surface area contributed by atoms with Crippen LogP contribution < -0.4 is 5.76 Å². The van der Waals surface area contributed by atoms with E-state index in [0.717, 1.165) is 5.56 Å². The zero-order valence-corrected chi connectivity index (χ0v) is 9.27. The third kappa shape index (κ3) is 2.36. The zero-order valence-electron chi connectivity index (χ0n) is 9.27. The first-order chi connectivity index (χ1) is 8.10. The maximum Gasteiger partial charge on any atom is 0.417 e. The van der Waals surface area contributed by atoms with Crippen molar-refractivity contribution in [1.29, 1.82) is 0 Å². The van der Waals surface area contributed by atoms with E-state index in [1.54, 1.807) is 25.2 Å². The second-order valence-corrected chi connectivity index (χ2v) is 3.75. The highest BCUT2D eigenvalue weighted by Gasteiger charge is 2.09. The Morgan fingerprint density at radius 1 is 1.53 bits per heavy atom. The summed E-state index contributed by atoms with van der Waals surface area (Å²) in [6.07, 6.45) is 0. The Morgan fingerprint density at radius 2 is 2.29 bits per heavy atom. The Kier molecular flexibility index (Phi) is 2.97. The van der Waals surface area contributed by atoms with Crippen molar-refractivity contribution < 1.29 is 14.3 Å². The minimum absolute atomic E-state index is 0.351. The van der Waals surface area contributed by atoms with Crippen LogP contribution in [0, 0.1) is 0 Å². The van der Waals surface area contributed by atoms with Crippen LogP contribution in [0.15, 0.2) is 27.4 Å². The lowest BCUT2D eigenvalue weighted by Crippen LogP contribution is -2.28. The molecule has 0 unspecified atom stereocenters. The summed E-state index contributed by atoms with van der Waals surface area (Å²) in [6.45, 7) is -0.164. The number of hydrogen-bond donors (Lipinski definition) is 2. The summed E-state index contributed by atoms with van der Waals surface area (Å²) in [6, 6.07) is 5.19. The molecule has 90 valence electrons. The summed E-state index contributed by atoms with van der Waals surface area (Å²) in [5.41, 5.74) is 1.90. The molecule has 0 saturated heterocycles. The fourth-order valence-electron chi connectivity index (χ4n) is 1.57. The van der Waals surface area contributed by atoms with Crippen LogP contribution in [0.3, 0.4) is 0 Å². The van der Waals surface area contributed by atoms with Gasteiger partial charge in [-0.25, -0.2) is 4.79 Å². The number of H-pyrrole nitrogens is 1. The van der Waals surface area contributed by atoms with E-state index in [9.17, 15) is 9.59 Å². The number of oxazole rings is 1. The molecule has 17 heavy (non-hydrogen) atoms. The normalized spacial score (nSPS) is 10.7. The number of aliphatic hydroxyl groups excluding tert-OH is 1. The SMILES string of the molecule is CN(Cc1ccc2[nH]c(=O)oc2c1)C(=O)CO. The number of nitrogens with zero attached hydrogens (tertiary/aromatic N) is 1. The number of carbonyl (C=O) groups is 1. The van der Waals surface area contributed by atoms with Crippen molar-refractivity contribution in [3.8, 4) is 0 Å². The van der Waals surface area contributed by atoms with E-state index in [-0.39, 0.29) is 5.91 Å². The van der Waals surface area contributed by atoms with Crippen LogP contribution in [0.25, 0.3) is 11.1 Å². The molecule has 1 heterocycles. The molecule has 1 aromatic carbocycles. The number of amides is 1. The molecular formula is C11H12N2O4. The predicted molar refractivity (Wildman–Crippen MR) is 60.4 cm³/mol. The van der Waals surface area contributed by atoms with Gasteiger partial charge in [0.2, 0.25) is 5.91 Å². The van der Waals surface area contributed by atoms with Gasteiger partial charge in [-0.3, -0.25) is 9.78 Å². The number of carbonyl (C=O) groups excluding carboxylic acids is 1. The van der Waals surface area contributed by atoms with Crippen LogP contribution in [-0.4, -0.2) is 34.6 Å². The van der Waals surface area contributed by atoms with Gasteiger partial charge < -0.3 is 14.4 Å². The second-order valence-electron chi connectivity index (χ2n) is 3.75. The van der Waals surface area contributed by atoms with E-state index in [2.05, 4.69) is 4.98 Å². The molecule has 0 aliphatic rings. The maximum atomic E-state index is 11.2. The molecule has 2 rings (SSSR count). The molecule has 2 aromatic rings. The van der Waals surface area contributed by atoms with Crippen LogP contribution in [0.4, 0.5) is 0 Å². The fourth-order valence-corrected chi connectivity index (χ4v) is 1.57. The second kappa shape index (κ2) is 4.42. The molecular weight excluding hydrogens is 224 g/mol. The topological polar surface area (TPSA) is 86.5 Å². The third-order valence-corrected chi connectivity index (χ3v) is 2.47. The molecule has 2 N–H and O–H groups in total. The maximum absolute atomic E-state index is 11.2. The van der Waals surface area contributed by atoms with Crippen LogP contribution in [0.5, 0.6) is 0 Å². The molecule has 0 radical (unpaired) electrons. The molecule has 0 spiro atoms. The Hall–Kier alpha value is -2.08. The van der Waals surface area contributed by atoms with E-state index in [1.165, 1.54) is 4.90 Å². The lowest BCUT2D eigenvalue weighted by molar-refractivity contribution is -0.133. The highest BCUT2D eigenvalue weighted by Crippen LogP contribution is 2.13. The summed E-state index contributed by atoms with van der Waals surface area (Å²) in [5.74, 6) is -0.863. The number of aromatic amines is 1. The quantitative estimate of drug-likeness (QED) is 0.789. The number of nitrogens with one attached hydrogen (secondary N) is 1. The first-order valence-corrected chi connectivity index (χ1v) is 5.06. The van der Waals surface area contributed by atoms with E-state index in [0.29, 0.717) is 17.6 Å². The van der Waals surface area contributed by atoms with E-state index in [4.69, 9.17) is 9.52 Å². The smallest absolute Gasteiger partial charge is 0.408 e. The highest BCUT2D eigenvalue weighted by atomic mass is 16.4. The summed E-state index contributed by atoms with van der Waals surface area (Å²) in [7, 11) is 1.59. The average Bonchev–Trinajstić information content (AvgIpc) is 2.67. The van der Waals surface area contributed by atoms with Gasteiger partial charge in [0.05, 0.1) is 5.52 Å². The van der Waals surface area contributed by atoms with Crippen molar-refractivity contribution in [2.45, 2.75) is 6.54 Å². The summed E-state index contributed by atoms with van der Waals surface area (Å²) in [5, 5.41) is 8.70. The van der Waals surface area contributed by atoms with Crippen molar-refractivity contribution >= 4 is 17.0 Å². The van der Waals surface area contributed by atoms with Gasteiger partial charge in [-0.2, -0.15) is 0 Å². The molecule has 0 bridgehead atoms. The molecule has 0 fully saturated rings. The van der Waals surface area contributed by atoms with Crippen molar-refractivity contribution in [1.82, 2.24) is 9.88 Å². The minimum atomic E-state index is -0.516. The third-order valence-electron chi connectivity index (χ3n) is 2.47. The Balaban J connectivity index is 2.24. The van der Waals surface area contributed by atoms with Crippen LogP contribution in [-0.2, 0) is 11.3 Å². The van der Waals surface area contributed by atoms with Gasteiger partial charge >= 0.3 is 5.76 Å². The number of likely N-dealkylation sites (N-methyl/N-ethyl adjacent to an activating group) is 1. The van der Waals surface area contributed by atoms with Gasteiger partial charge in [-0.15, -0.1) is 0 Å². The first-order valence-electron chi connectivity index (χ1n) is 5.06. The number of benzene rings is 1. The van der Waals surface area contributed by atoms with Crippen molar-refractivity contribution in [2.75, 3.05) is 13.7 Å². The minimum Gasteiger partial charge on any atom is -0.408 e. The number of aliphatic hydroxyl groups is 1. The first kappa shape index (κ1) is 11.4. The number of aromatic nitrogens is 1. The number of rotatable bonds is 3. The Morgan fingerprint density at radius 3 is 3.00 bits per heavy atom. The standard InChI is InChI=1S/C11H12N2O4/c1-13(10(15)6-14)5-7-2-3-8-9(4-7)17-11(16)12-8/h2-4,14H,5-6H2,1H3,(H,12,16). The molecule has 0 atom stereocenters. The lowest BCUT2D eigenvalue weighted by Gasteiger charge is -2.15. The van der Waals surface area contributed by atoms with Crippen LogP contribution in [0.2, 0.25) is 0 Å². The Labute approximate surface area is 96.5 Å². The van der Waals surface area contributed by atoms with Gasteiger partial charge in [0.1, 0.15) is 6.61 Å². The van der Waals surface area contributed by atoms with E-state index < -0.39 is 12.4 Å². The highest BCUT2D eigenvalue weighted by molar-refractivity contribution is 5.77. The van der Waals surface area contributed by atoms with Gasteiger partial charge in [-0.05, 0) is 17.7 Å². The van der Waals surface area contributed by atoms with Crippen molar-refractivity contribution in [3.05, 3.63) is 34.3 Å². The number of hydrogen-bond acceptors (Lipinski definition) is 4. The van der Waals surface area contributed by atoms with Crippen molar-refractivity contribution in [3.63, 3.8) is 0 Å². The molecule has 1 aromatic heterocycles. The summed E-state index contributed by atoms with van der Waals surface area (Å²) < 4.78 is 4.91. The monoisotopic (exact) mass is 236 g/mol. The molecule has 0 aliphatic heterocycles. The molecule has 6 heteroatoms. The van der Waals surface area contributed by atoms with Gasteiger partial charge in [0.15, 0.2) is 5.58 Å². The fraction of sp³-hybridized carbons (Fsp3) is 0.273. The molecule has 0 aliphatic carbocycles. The van der Waals surface area contributed by atoms with Gasteiger partial charge in [-0.1, -0.05) is 6.07 Å². The van der Waals surface area contributed by atoms with Gasteiger partial charge in [0.25, 0.3) is 0 Å². The van der Waals surface area contributed by atoms with E-state index >= 15 is 0 Å². The van der Waals surface area contributed by atoms with Crippen LogP contribution >= 0.6 is 0 Å². The average molecular weight is 236 g/mol. The largest absolute Gasteiger partial charge is 0.417 e. The summed E-state index contributed by atoms with van der Waals surface area (Å²) >= 11 is 0. The Bertz CT molecular complexity index is 599.